The predicted molar refractivity (Wildman–Crippen MR) is 120 cm³/mol. The highest BCUT2D eigenvalue weighted by atomic mass is 16.7. The van der Waals surface area contributed by atoms with Crippen molar-refractivity contribution in [2.75, 3.05) is 20.3 Å². The van der Waals surface area contributed by atoms with Crippen LogP contribution in [0.1, 0.15) is 69.8 Å². The van der Waals surface area contributed by atoms with E-state index in [0.29, 0.717) is 37.9 Å². The Balaban J connectivity index is 1.39. The van der Waals surface area contributed by atoms with Crippen molar-refractivity contribution >= 4 is 0 Å². The summed E-state index contributed by atoms with van der Waals surface area (Å²) in [5.41, 5.74) is -0.520. The second kappa shape index (κ2) is 6.66. The van der Waals surface area contributed by atoms with Crippen LogP contribution in [0.5, 0.6) is 11.5 Å². The van der Waals surface area contributed by atoms with Crippen molar-refractivity contribution in [3.8, 4) is 11.5 Å². The molecule has 0 amide bonds. The third-order valence-electron chi connectivity index (χ3n) is 10.8. The second-order valence-corrected chi connectivity index (χ2v) is 12.0. The van der Waals surface area contributed by atoms with Crippen LogP contribution in [0.25, 0.3) is 0 Å². The molecule has 2 spiro atoms. The van der Waals surface area contributed by atoms with Gasteiger partial charge in [-0.25, -0.2) is 0 Å². The van der Waals surface area contributed by atoms with Crippen molar-refractivity contribution in [1.82, 2.24) is 0 Å². The molecule has 0 bridgehead atoms. The standard InChI is InChI=1S/C27H36O6/c1-24-14-19-17-4-3-16(30-2)13-21(17)33-27-10-9-26(31-11-12-32-26)15-25(27,29)8-7-18(23(19)27)20(24)5-6-22(24)28/h3-4,13,18-20,22-23,28-29H,5-12,14-15H2,1-2H3/t18-,19+,20-,22-,23+,24-,25+,27-/m0/s1. The van der Waals surface area contributed by atoms with Gasteiger partial charge in [0, 0.05) is 24.8 Å². The Kier molecular flexibility index (Phi) is 4.23. The first-order valence-electron chi connectivity index (χ1n) is 12.9. The molecule has 0 unspecified atom stereocenters. The molecule has 1 aromatic rings. The minimum absolute atomic E-state index is 0.0788. The molecule has 2 heterocycles. The van der Waals surface area contributed by atoms with E-state index in [0.717, 1.165) is 50.0 Å². The van der Waals surface area contributed by atoms with E-state index in [2.05, 4.69) is 13.0 Å². The van der Waals surface area contributed by atoms with Gasteiger partial charge in [0.2, 0.25) is 0 Å². The molecule has 6 heteroatoms. The Labute approximate surface area is 195 Å². The summed E-state index contributed by atoms with van der Waals surface area (Å²) in [7, 11) is 1.68. The molecule has 6 aliphatic rings. The van der Waals surface area contributed by atoms with Crippen LogP contribution >= 0.6 is 0 Å². The van der Waals surface area contributed by atoms with Crippen molar-refractivity contribution in [1.29, 1.82) is 0 Å². The summed E-state index contributed by atoms with van der Waals surface area (Å²) in [6.45, 7) is 3.50. The molecular formula is C27H36O6. The van der Waals surface area contributed by atoms with Gasteiger partial charge in [-0.1, -0.05) is 13.0 Å². The first kappa shape index (κ1) is 21.0. The number of ether oxygens (including phenoxy) is 4. The third-order valence-corrected chi connectivity index (χ3v) is 10.8. The number of benzene rings is 1. The van der Waals surface area contributed by atoms with Gasteiger partial charge in [-0.3, -0.25) is 0 Å². The van der Waals surface area contributed by atoms with Crippen LogP contribution in [0.3, 0.4) is 0 Å². The van der Waals surface area contributed by atoms with Crippen molar-refractivity contribution in [2.45, 2.75) is 87.3 Å². The molecule has 4 saturated carbocycles. The minimum Gasteiger partial charge on any atom is -0.497 e. The maximum atomic E-state index is 12.4. The molecule has 5 fully saturated rings. The Hall–Kier alpha value is -1.34. The van der Waals surface area contributed by atoms with E-state index < -0.39 is 17.0 Å². The van der Waals surface area contributed by atoms with Gasteiger partial charge in [-0.05, 0) is 73.3 Å². The first-order chi connectivity index (χ1) is 15.8. The van der Waals surface area contributed by atoms with E-state index in [4.69, 9.17) is 18.9 Å². The lowest BCUT2D eigenvalue weighted by Gasteiger charge is -2.68. The maximum Gasteiger partial charge on any atom is 0.171 e. The van der Waals surface area contributed by atoms with Crippen LogP contribution in [-0.2, 0) is 9.47 Å². The van der Waals surface area contributed by atoms with Gasteiger partial charge in [0.1, 0.15) is 22.7 Å². The summed E-state index contributed by atoms with van der Waals surface area (Å²) in [5.74, 6) is 2.36. The van der Waals surface area contributed by atoms with Crippen LogP contribution in [0.15, 0.2) is 18.2 Å². The highest BCUT2D eigenvalue weighted by molar-refractivity contribution is 5.48. The van der Waals surface area contributed by atoms with Crippen LogP contribution in [0.2, 0.25) is 0 Å². The molecular weight excluding hydrogens is 420 g/mol. The summed E-state index contributed by atoms with van der Waals surface area (Å²) in [4.78, 5) is 0. The zero-order valence-electron chi connectivity index (χ0n) is 19.7. The quantitative estimate of drug-likeness (QED) is 0.670. The lowest BCUT2D eigenvalue weighted by Crippen LogP contribution is -2.75. The summed E-state index contributed by atoms with van der Waals surface area (Å²) in [6, 6.07) is 6.19. The molecule has 0 radical (unpaired) electrons. The topological polar surface area (TPSA) is 77.4 Å². The van der Waals surface area contributed by atoms with E-state index in [1.54, 1.807) is 7.11 Å². The van der Waals surface area contributed by atoms with E-state index in [1.807, 2.05) is 12.1 Å². The summed E-state index contributed by atoms with van der Waals surface area (Å²) in [5, 5.41) is 23.5. The molecule has 1 saturated heterocycles. The van der Waals surface area contributed by atoms with Crippen LogP contribution in [0.4, 0.5) is 0 Å². The van der Waals surface area contributed by atoms with Gasteiger partial charge in [0.25, 0.3) is 0 Å². The number of aliphatic hydroxyl groups excluding tert-OH is 1. The molecule has 8 atom stereocenters. The lowest BCUT2D eigenvalue weighted by molar-refractivity contribution is -0.311. The first-order valence-corrected chi connectivity index (χ1v) is 12.9. The highest BCUT2D eigenvalue weighted by Crippen LogP contribution is 2.71. The average Bonchev–Trinajstić information content (AvgIpc) is 3.37. The average molecular weight is 457 g/mol. The summed E-state index contributed by atoms with van der Waals surface area (Å²) < 4.78 is 24.7. The zero-order chi connectivity index (χ0) is 22.6. The Bertz CT molecular complexity index is 973. The summed E-state index contributed by atoms with van der Waals surface area (Å²) in [6.07, 6.45) is 6.26. The molecule has 0 aromatic heterocycles. The number of rotatable bonds is 1. The predicted octanol–water partition coefficient (Wildman–Crippen LogP) is 3.78. The number of hydrogen-bond acceptors (Lipinski definition) is 6. The molecule has 7 rings (SSSR count). The van der Waals surface area contributed by atoms with E-state index in [1.165, 1.54) is 5.56 Å². The second-order valence-electron chi connectivity index (χ2n) is 12.0. The Morgan fingerprint density at radius 2 is 1.88 bits per heavy atom. The van der Waals surface area contributed by atoms with Gasteiger partial charge in [0.05, 0.1) is 26.4 Å². The van der Waals surface area contributed by atoms with Gasteiger partial charge in [0.15, 0.2) is 5.79 Å². The Morgan fingerprint density at radius 1 is 1.06 bits per heavy atom. The largest absolute Gasteiger partial charge is 0.497 e. The fraction of sp³-hybridized carbons (Fsp3) is 0.778. The molecule has 33 heavy (non-hydrogen) atoms. The van der Waals surface area contributed by atoms with E-state index in [-0.39, 0.29) is 23.4 Å². The minimum atomic E-state index is -0.999. The van der Waals surface area contributed by atoms with E-state index >= 15 is 0 Å². The fourth-order valence-electron chi connectivity index (χ4n) is 9.40. The Morgan fingerprint density at radius 3 is 2.67 bits per heavy atom. The maximum absolute atomic E-state index is 12.4. The van der Waals surface area contributed by atoms with Crippen molar-refractivity contribution in [3.05, 3.63) is 23.8 Å². The number of hydrogen-bond donors (Lipinski definition) is 2. The van der Waals surface area contributed by atoms with Crippen molar-refractivity contribution in [2.24, 2.45) is 23.2 Å². The molecule has 180 valence electrons. The normalized spacial score (nSPS) is 48.9. The molecule has 2 aliphatic heterocycles. The highest BCUT2D eigenvalue weighted by Gasteiger charge is 2.73. The van der Waals surface area contributed by atoms with Gasteiger partial charge in [-0.15, -0.1) is 0 Å². The number of aliphatic hydroxyl groups is 2. The van der Waals surface area contributed by atoms with E-state index in [9.17, 15) is 10.2 Å². The SMILES string of the molecule is COc1ccc2c(c1)O[C@]13CCC4(C[C@]1(O)CC[C@@H]1[C@@H]3[C@@H]2C[C@]2(C)[C@@H](O)CC[C@@H]12)OCCO4. The fourth-order valence-corrected chi connectivity index (χ4v) is 9.40. The smallest absolute Gasteiger partial charge is 0.171 e. The number of fused-ring (bicyclic) bond motifs is 4. The van der Waals surface area contributed by atoms with Crippen LogP contribution in [0, 0.1) is 23.2 Å². The molecule has 6 nitrogen and oxygen atoms in total. The van der Waals surface area contributed by atoms with Crippen molar-refractivity contribution in [3.63, 3.8) is 0 Å². The molecule has 2 N–H and O–H groups in total. The summed E-state index contributed by atoms with van der Waals surface area (Å²) >= 11 is 0. The van der Waals surface area contributed by atoms with Crippen LogP contribution < -0.4 is 9.47 Å². The monoisotopic (exact) mass is 456 g/mol. The number of methoxy groups -OCH3 is 1. The lowest BCUT2D eigenvalue weighted by atomic mass is 9.43. The molecule has 1 aromatic carbocycles. The molecule has 4 aliphatic carbocycles. The van der Waals surface area contributed by atoms with Gasteiger partial charge >= 0.3 is 0 Å². The third kappa shape index (κ3) is 2.54. The van der Waals surface area contributed by atoms with Crippen molar-refractivity contribution < 1.29 is 29.2 Å². The van der Waals surface area contributed by atoms with Crippen LogP contribution in [-0.4, -0.2) is 53.6 Å². The van der Waals surface area contributed by atoms with Gasteiger partial charge < -0.3 is 29.2 Å². The zero-order valence-corrected chi connectivity index (χ0v) is 19.7. The van der Waals surface area contributed by atoms with Gasteiger partial charge in [-0.2, -0.15) is 0 Å².